The van der Waals surface area contributed by atoms with E-state index in [1.54, 1.807) is 29.0 Å². The molecule has 1 saturated heterocycles. The van der Waals surface area contributed by atoms with Crippen molar-refractivity contribution in [3.63, 3.8) is 0 Å². The lowest BCUT2D eigenvalue weighted by atomic mass is 10.1. The van der Waals surface area contributed by atoms with Crippen LogP contribution in [0.1, 0.15) is 33.5 Å². The van der Waals surface area contributed by atoms with Gasteiger partial charge in [-0.1, -0.05) is 24.3 Å². The summed E-state index contributed by atoms with van der Waals surface area (Å²) in [5.74, 6) is 1.23. The summed E-state index contributed by atoms with van der Waals surface area (Å²) in [5, 5.41) is 0. The van der Waals surface area contributed by atoms with Crippen LogP contribution in [0.15, 0.2) is 36.4 Å². The Morgan fingerprint density at radius 1 is 0.900 bits per heavy atom. The van der Waals surface area contributed by atoms with Gasteiger partial charge in [0.15, 0.2) is 6.61 Å². The Morgan fingerprint density at radius 2 is 1.57 bits per heavy atom. The molecule has 0 saturated carbocycles. The molecule has 0 unspecified atom stereocenters. The molecule has 0 bridgehead atoms. The molecule has 0 spiro atoms. The van der Waals surface area contributed by atoms with Crippen LogP contribution in [0.2, 0.25) is 0 Å². The standard InChI is InChI=1S/C24H30N2O4/c1-17-10-11-18(2)23(19(17)3)30-16-22(27)25-12-7-13-26(15-14-25)24(28)20-8-5-6-9-21(20)29-4/h5-6,8-11H,7,12-16H2,1-4H3. The minimum Gasteiger partial charge on any atom is -0.496 e. The first-order valence-electron chi connectivity index (χ1n) is 10.3. The third kappa shape index (κ3) is 4.75. The van der Waals surface area contributed by atoms with E-state index in [9.17, 15) is 9.59 Å². The summed E-state index contributed by atoms with van der Waals surface area (Å²) in [6.45, 7) is 8.24. The fraction of sp³-hybridized carbons (Fsp3) is 0.417. The van der Waals surface area contributed by atoms with E-state index in [1.807, 2.05) is 39.0 Å². The number of amides is 2. The van der Waals surface area contributed by atoms with Crippen LogP contribution in [0, 0.1) is 20.8 Å². The van der Waals surface area contributed by atoms with Crippen LogP contribution in [0.4, 0.5) is 0 Å². The minimum atomic E-state index is -0.0657. The number of ether oxygens (including phenoxy) is 2. The zero-order chi connectivity index (χ0) is 21.7. The highest BCUT2D eigenvalue weighted by Crippen LogP contribution is 2.26. The first kappa shape index (κ1) is 21.7. The van der Waals surface area contributed by atoms with Gasteiger partial charge in [0.25, 0.3) is 11.8 Å². The molecule has 3 rings (SSSR count). The molecule has 1 heterocycles. The Morgan fingerprint density at radius 3 is 2.33 bits per heavy atom. The first-order chi connectivity index (χ1) is 14.4. The lowest BCUT2D eigenvalue weighted by Crippen LogP contribution is -2.39. The van der Waals surface area contributed by atoms with Gasteiger partial charge in [0.2, 0.25) is 0 Å². The predicted octanol–water partition coefficient (Wildman–Crippen LogP) is 3.37. The van der Waals surface area contributed by atoms with E-state index in [2.05, 4.69) is 6.07 Å². The maximum Gasteiger partial charge on any atom is 0.260 e. The number of nitrogens with zero attached hydrogens (tertiary/aromatic N) is 2. The summed E-state index contributed by atoms with van der Waals surface area (Å²) >= 11 is 0. The molecule has 30 heavy (non-hydrogen) atoms. The van der Waals surface area contributed by atoms with E-state index >= 15 is 0 Å². The van der Waals surface area contributed by atoms with E-state index in [0.29, 0.717) is 37.5 Å². The smallest absolute Gasteiger partial charge is 0.260 e. The van der Waals surface area contributed by atoms with Crippen LogP contribution in [0.25, 0.3) is 0 Å². The number of aryl methyl sites for hydroxylation is 2. The molecule has 0 N–H and O–H groups in total. The van der Waals surface area contributed by atoms with Gasteiger partial charge in [0, 0.05) is 26.2 Å². The molecule has 1 aliphatic rings. The maximum atomic E-state index is 12.9. The summed E-state index contributed by atoms with van der Waals surface area (Å²) in [5.41, 5.74) is 3.78. The Kier molecular flexibility index (Phi) is 6.98. The van der Waals surface area contributed by atoms with E-state index < -0.39 is 0 Å². The van der Waals surface area contributed by atoms with Crippen molar-refractivity contribution < 1.29 is 19.1 Å². The van der Waals surface area contributed by atoms with Crippen molar-refractivity contribution in [2.24, 2.45) is 0 Å². The topological polar surface area (TPSA) is 59.1 Å². The number of hydrogen-bond donors (Lipinski definition) is 0. The third-order valence-electron chi connectivity index (χ3n) is 5.69. The Labute approximate surface area is 178 Å². The normalized spacial score (nSPS) is 14.3. The van der Waals surface area contributed by atoms with Crippen LogP contribution < -0.4 is 9.47 Å². The van der Waals surface area contributed by atoms with Crippen LogP contribution in [0.5, 0.6) is 11.5 Å². The first-order valence-corrected chi connectivity index (χ1v) is 10.3. The summed E-state index contributed by atoms with van der Waals surface area (Å²) in [6, 6.07) is 11.3. The Balaban J connectivity index is 1.60. The van der Waals surface area contributed by atoms with Crippen LogP contribution >= 0.6 is 0 Å². The van der Waals surface area contributed by atoms with Crippen LogP contribution in [-0.4, -0.2) is 61.5 Å². The van der Waals surface area contributed by atoms with E-state index in [0.717, 1.165) is 28.9 Å². The molecular formula is C24H30N2O4. The van der Waals surface area contributed by atoms with Gasteiger partial charge in [-0.25, -0.2) is 0 Å². The van der Waals surface area contributed by atoms with Gasteiger partial charge in [0.1, 0.15) is 11.5 Å². The summed E-state index contributed by atoms with van der Waals surface area (Å²) in [7, 11) is 1.56. The molecule has 6 heteroatoms. The van der Waals surface area contributed by atoms with Gasteiger partial charge < -0.3 is 19.3 Å². The Hall–Kier alpha value is -3.02. The lowest BCUT2D eigenvalue weighted by Gasteiger charge is -2.23. The quantitative estimate of drug-likeness (QED) is 0.758. The number of carbonyl (C=O) groups is 2. The highest BCUT2D eigenvalue weighted by Gasteiger charge is 2.24. The molecule has 0 atom stereocenters. The molecular weight excluding hydrogens is 380 g/mol. The molecule has 160 valence electrons. The highest BCUT2D eigenvalue weighted by molar-refractivity contribution is 5.97. The number of methoxy groups -OCH3 is 1. The average Bonchev–Trinajstić information content (AvgIpc) is 3.02. The fourth-order valence-corrected chi connectivity index (χ4v) is 3.73. The van der Waals surface area contributed by atoms with Crippen molar-refractivity contribution in [1.82, 2.24) is 9.80 Å². The second-order valence-electron chi connectivity index (χ2n) is 7.67. The van der Waals surface area contributed by atoms with Gasteiger partial charge in [-0.2, -0.15) is 0 Å². The van der Waals surface area contributed by atoms with Crippen LogP contribution in [-0.2, 0) is 4.79 Å². The Bertz CT molecular complexity index is 925. The number of para-hydroxylation sites is 1. The molecule has 2 amide bonds. The summed E-state index contributed by atoms with van der Waals surface area (Å²) in [4.78, 5) is 29.3. The molecule has 1 aliphatic heterocycles. The molecule has 0 radical (unpaired) electrons. The molecule has 1 fully saturated rings. The van der Waals surface area contributed by atoms with E-state index in [4.69, 9.17) is 9.47 Å². The zero-order valence-electron chi connectivity index (χ0n) is 18.2. The van der Waals surface area contributed by atoms with Crippen molar-refractivity contribution in [3.05, 3.63) is 58.7 Å². The van der Waals surface area contributed by atoms with Crippen molar-refractivity contribution in [3.8, 4) is 11.5 Å². The molecule has 6 nitrogen and oxygen atoms in total. The van der Waals surface area contributed by atoms with Crippen molar-refractivity contribution in [2.75, 3.05) is 39.9 Å². The van der Waals surface area contributed by atoms with Gasteiger partial charge >= 0.3 is 0 Å². The largest absolute Gasteiger partial charge is 0.496 e. The predicted molar refractivity (Wildman–Crippen MR) is 116 cm³/mol. The number of benzene rings is 2. The van der Waals surface area contributed by atoms with Crippen molar-refractivity contribution >= 4 is 11.8 Å². The van der Waals surface area contributed by atoms with Crippen LogP contribution in [0.3, 0.4) is 0 Å². The molecule has 2 aromatic rings. The van der Waals surface area contributed by atoms with Crippen molar-refractivity contribution in [2.45, 2.75) is 27.2 Å². The van der Waals surface area contributed by atoms with Crippen molar-refractivity contribution in [1.29, 1.82) is 0 Å². The lowest BCUT2D eigenvalue weighted by molar-refractivity contribution is -0.133. The second-order valence-corrected chi connectivity index (χ2v) is 7.67. The number of carbonyl (C=O) groups excluding carboxylic acids is 2. The molecule has 2 aromatic carbocycles. The van der Waals surface area contributed by atoms with Gasteiger partial charge in [0.05, 0.1) is 12.7 Å². The summed E-state index contributed by atoms with van der Waals surface area (Å²) in [6.07, 6.45) is 0.731. The monoisotopic (exact) mass is 410 g/mol. The minimum absolute atomic E-state index is 0.00554. The zero-order valence-corrected chi connectivity index (χ0v) is 18.2. The maximum absolute atomic E-state index is 12.9. The number of rotatable bonds is 5. The SMILES string of the molecule is COc1ccccc1C(=O)N1CCCN(C(=O)COc2c(C)ccc(C)c2C)CC1. The molecule has 0 aliphatic carbocycles. The van der Waals surface area contributed by atoms with Gasteiger partial charge in [-0.15, -0.1) is 0 Å². The highest BCUT2D eigenvalue weighted by atomic mass is 16.5. The summed E-state index contributed by atoms with van der Waals surface area (Å²) < 4.78 is 11.2. The second kappa shape index (κ2) is 9.65. The molecule has 0 aromatic heterocycles. The van der Waals surface area contributed by atoms with E-state index in [1.165, 1.54) is 0 Å². The van der Waals surface area contributed by atoms with E-state index in [-0.39, 0.29) is 18.4 Å². The number of hydrogen-bond acceptors (Lipinski definition) is 4. The van der Waals surface area contributed by atoms with Gasteiger partial charge in [-0.3, -0.25) is 9.59 Å². The van der Waals surface area contributed by atoms with Gasteiger partial charge in [-0.05, 0) is 56.0 Å². The fourth-order valence-electron chi connectivity index (χ4n) is 3.73. The average molecular weight is 411 g/mol. The third-order valence-corrected chi connectivity index (χ3v) is 5.69.